The second kappa shape index (κ2) is 8.16. The molecule has 0 bridgehead atoms. The molecule has 30 heavy (non-hydrogen) atoms. The third kappa shape index (κ3) is 3.77. The van der Waals surface area contributed by atoms with Crippen molar-refractivity contribution < 1.29 is 18.3 Å². The van der Waals surface area contributed by atoms with Crippen molar-refractivity contribution in [2.45, 2.75) is 0 Å². The van der Waals surface area contributed by atoms with E-state index in [1.54, 1.807) is 29.1 Å². The van der Waals surface area contributed by atoms with Crippen LogP contribution in [-0.4, -0.2) is 22.8 Å². The number of anilines is 1. The van der Waals surface area contributed by atoms with Crippen LogP contribution in [0, 0.1) is 11.6 Å². The number of para-hydroxylation sites is 2. The summed E-state index contributed by atoms with van der Waals surface area (Å²) in [7, 11) is 1.53. The molecule has 1 heterocycles. The van der Waals surface area contributed by atoms with Gasteiger partial charge in [0.05, 0.1) is 24.0 Å². The van der Waals surface area contributed by atoms with Crippen molar-refractivity contribution >= 4 is 11.6 Å². The summed E-state index contributed by atoms with van der Waals surface area (Å²) in [5.74, 6) is -1.63. The third-order valence-electron chi connectivity index (χ3n) is 4.52. The van der Waals surface area contributed by atoms with Gasteiger partial charge in [0.15, 0.2) is 0 Å². The molecule has 0 aliphatic rings. The van der Waals surface area contributed by atoms with Gasteiger partial charge in [-0.2, -0.15) is 5.10 Å². The molecule has 3 aromatic carbocycles. The molecule has 0 unspecified atom stereocenters. The molecule has 0 aliphatic carbocycles. The van der Waals surface area contributed by atoms with Gasteiger partial charge in [0, 0.05) is 17.8 Å². The van der Waals surface area contributed by atoms with Crippen molar-refractivity contribution in [1.82, 2.24) is 9.78 Å². The fourth-order valence-electron chi connectivity index (χ4n) is 3.07. The molecule has 7 heteroatoms. The van der Waals surface area contributed by atoms with Gasteiger partial charge >= 0.3 is 0 Å². The first-order chi connectivity index (χ1) is 14.6. The number of methoxy groups -OCH3 is 1. The van der Waals surface area contributed by atoms with Gasteiger partial charge in [-0.1, -0.05) is 30.3 Å². The van der Waals surface area contributed by atoms with E-state index in [4.69, 9.17) is 4.74 Å². The Hall–Kier alpha value is -4.00. The SMILES string of the molecule is COc1ccccc1-c1nn(-c2ccccc2)cc1C(=O)Nc1ccc(F)cc1F. The van der Waals surface area contributed by atoms with E-state index >= 15 is 0 Å². The van der Waals surface area contributed by atoms with Gasteiger partial charge in [-0.05, 0) is 36.4 Å². The van der Waals surface area contributed by atoms with E-state index in [-0.39, 0.29) is 11.3 Å². The summed E-state index contributed by atoms with van der Waals surface area (Å²) >= 11 is 0. The fraction of sp³-hybridized carbons (Fsp3) is 0.0435. The number of rotatable bonds is 5. The van der Waals surface area contributed by atoms with Crippen LogP contribution in [0.1, 0.15) is 10.4 Å². The van der Waals surface area contributed by atoms with Crippen LogP contribution in [0.15, 0.2) is 79.0 Å². The Balaban J connectivity index is 1.81. The van der Waals surface area contributed by atoms with Gasteiger partial charge in [0.1, 0.15) is 23.1 Å². The normalized spacial score (nSPS) is 10.6. The average Bonchev–Trinajstić information content (AvgIpc) is 3.22. The molecule has 1 N–H and O–H groups in total. The summed E-state index contributed by atoms with van der Waals surface area (Å²) in [6.07, 6.45) is 1.56. The maximum Gasteiger partial charge on any atom is 0.259 e. The van der Waals surface area contributed by atoms with Gasteiger partial charge < -0.3 is 10.1 Å². The molecule has 1 aromatic heterocycles. The van der Waals surface area contributed by atoms with E-state index in [2.05, 4.69) is 10.4 Å². The topological polar surface area (TPSA) is 56.2 Å². The first-order valence-electron chi connectivity index (χ1n) is 9.11. The van der Waals surface area contributed by atoms with E-state index < -0.39 is 17.5 Å². The van der Waals surface area contributed by atoms with E-state index in [1.807, 2.05) is 36.4 Å². The number of aromatic nitrogens is 2. The Labute approximate surface area is 171 Å². The Morgan fingerprint density at radius 3 is 2.47 bits per heavy atom. The molecule has 4 rings (SSSR count). The van der Waals surface area contributed by atoms with Crippen LogP contribution >= 0.6 is 0 Å². The largest absolute Gasteiger partial charge is 0.496 e. The standard InChI is InChI=1S/C23H17F2N3O2/c1-30-21-10-6-5-9-17(21)22-18(14-28(27-22)16-7-3-2-4-8-16)23(29)26-20-12-11-15(24)13-19(20)25/h2-14H,1H3,(H,26,29). The maximum absolute atomic E-state index is 14.0. The number of nitrogens with one attached hydrogen (secondary N) is 1. The summed E-state index contributed by atoms with van der Waals surface area (Å²) < 4.78 is 34.2. The van der Waals surface area contributed by atoms with Crippen molar-refractivity contribution in [2.75, 3.05) is 12.4 Å². The predicted molar refractivity (Wildman–Crippen MR) is 110 cm³/mol. The average molecular weight is 405 g/mol. The molecule has 0 aliphatic heterocycles. The number of carbonyl (C=O) groups is 1. The molecular weight excluding hydrogens is 388 g/mol. The molecule has 0 spiro atoms. The number of carbonyl (C=O) groups excluding carboxylic acids is 1. The zero-order valence-corrected chi connectivity index (χ0v) is 16.0. The van der Waals surface area contributed by atoms with Crippen molar-refractivity contribution in [1.29, 1.82) is 0 Å². The summed E-state index contributed by atoms with van der Waals surface area (Å²) in [4.78, 5) is 13.0. The van der Waals surface area contributed by atoms with Crippen molar-refractivity contribution in [3.05, 3.63) is 96.2 Å². The minimum absolute atomic E-state index is 0.125. The monoisotopic (exact) mass is 405 g/mol. The number of benzene rings is 3. The number of hydrogen-bond donors (Lipinski definition) is 1. The number of hydrogen-bond acceptors (Lipinski definition) is 3. The molecule has 0 atom stereocenters. The molecule has 150 valence electrons. The smallest absolute Gasteiger partial charge is 0.259 e. The number of halogens is 2. The molecule has 5 nitrogen and oxygen atoms in total. The quantitative estimate of drug-likeness (QED) is 0.504. The van der Waals surface area contributed by atoms with Crippen LogP contribution < -0.4 is 10.1 Å². The molecule has 4 aromatic rings. The van der Waals surface area contributed by atoms with E-state index in [0.717, 1.165) is 11.8 Å². The number of amides is 1. The number of ether oxygens (including phenoxy) is 1. The lowest BCUT2D eigenvalue weighted by atomic mass is 10.1. The number of nitrogens with zero attached hydrogens (tertiary/aromatic N) is 2. The molecule has 0 fully saturated rings. The van der Waals surface area contributed by atoms with Crippen molar-refractivity contribution in [3.8, 4) is 22.7 Å². The van der Waals surface area contributed by atoms with Crippen LogP contribution in [0.2, 0.25) is 0 Å². The van der Waals surface area contributed by atoms with Gasteiger partial charge in [-0.15, -0.1) is 0 Å². The van der Waals surface area contributed by atoms with Crippen LogP contribution in [-0.2, 0) is 0 Å². The van der Waals surface area contributed by atoms with Gasteiger partial charge in [-0.3, -0.25) is 4.79 Å². The highest BCUT2D eigenvalue weighted by Crippen LogP contribution is 2.32. The lowest BCUT2D eigenvalue weighted by Gasteiger charge is -2.09. The van der Waals surface area contributed by atoms with Gasteiger partial charge in [0.25, 0.3) is 5.91 Å². The van der Waals surface area contributed by atoms with E-state index in [1.165, 1.54) is 13.2 Å². The molecule has 0 saturated carbocycles. The summed E-state index contributed by atoms with van der Waals surface area (Å²) in [5.41, 5.74) is 1.82. The van der Waals surface area contributed by atoms with Crippen LogP contribution in [0.4, 0.5) is 14.5 Å². The molecular formula is C23H17F2N3O2. The molecule has 1 amide bonds. The molecule has 0 saturated heterocycles. The predicted octanol–water partition coefficient (Wildman–Crippen LogP) is 5.08. The first kappa shape index (κ1) is 19.3. The van der Waals surface area contributed by atoms with E-state index in [0.29, 0.717) is 23.1 Å². The van der Waals surface area contributed by atoms with Crippen LogP contribution in [0.25, 0.3) is 16.9 Å². The first-order valence-corrected chi connectivity index (χ1v) is 9.11. The summed E-state index contributed by atoms with van der Waals surface area (Å²) in [6, 6.07) is 19.4. The van der Waals surface area contributed by atoms with E-state index in [9.17, 15) is 13.6 Å². The molecule has 0 radical (unpaired) electrons. The highest BCUT2D eigenvalue weighted by atomic mass is 19.1. The van der Waals surface area contributed by atoms with Gasteiger partial charge in [0.2, 0.25) is 0 Å². The highest BCUT2D eigenvalue weighted by Gasteiger charge is 2.22. The Morgan fingerprint density at radius 2 is 1.73 bits per heavy atom. The second-order valence-electron chi connectivity index (χ2n) is 6.45. The fourth-order valence-corrected chi connectivity index (χ4v) is 3.07. The summed E-state index contributed by atoms with van der Waals surface area (Å²) in [6.45, 7) is 0. The minimum atomic E-state index is -0.863. The lowest BCUT2D eigenvalue weighted by molar-refractivity contribution is 0.102. The Bertz CT molecular complexity index is 1210. The lowest BCUT2D eigenvalue weighted by Crippen LogP contribution is -2.13. The second-order valence-corrected chi connectivity index (χ2v) is 6.45. The summed E-state index contributed by atoms with van der Waals surface area (Å²) in [5, 5.41) is 7.07. The van der Waals surface area contributed by atoms with Crippen LogP contribution in [0.3, 0.4) is 0 Å². The van der Waals surface area contributed by atoms with Gasteiger partial charge in [-0.25, -0.2) is 13.5 Å². The highest BCUT2D eigenvalue weighted by molar-refractivity contribution is 6.08. The Kier molecular flexibility index (Phi) is 5.26. The van der Waals surface area contributed by atoms with Crippen molar-refractivity contribution in [3.63, 3.8) is 0 Å². The zero-order chi connectivity index (χ0) is 21.1. The Morgan fingerprint density at radius 1 is 1.00 bits per heavy atom. The van der Waals surface area contributed by atoms with Crippen LogP contribution in [0.5, 0.6) is 5.75 Å². The van der Waals surface area contributed by atoms with Crippen molar-refractivity contribution in [2.24, 2.45) is 0 Å². The maximum atomic E-state index is 14.0. The zero-order valence-electron chi connectivity index (χ0n) is 16.0. The minimum Gasteiger partial charge on any atom is -0.496 e. The third-order valence-corrected chi connectivity index (χ3v) is 4.52.